The minimum absolute atomic E-state index is 0.0781. The van der Waals surface area contributed by atoms with Gasteiger partial charge < -0.3 is 10.8 Å². The maximum absolute atomic E-state index is 10.9. The summed E-state index contributed by atoms with van der Waals surface area (Å²) in [7, 11) is 0. The van der Waals surface area contributed by atoms with Gasteiger partial charge in [0.2, 0.25) is 0 Å². The molecule has 1 atom stereocenters. The lowest BCUT2D eigenvalue weighted by molar-refractivity contribution is -0.138. The second-order valence-corrected chi connectivity index (χ2v) is 6.70. The smallest absolute Gasteiger partial charge is 0.320 e. The maximum atomic E-state index is 10.9. The third-order valence-corrected chi connectivity index (χ3v) is 5.30. The molecule has 0 fully saturated rings. The lowest BCUT2D eigenvalue weighted by atomic mass is 10.0. The van der Waals surface area contributed by atoms with E-state index in [9.17, 15) is 4.79 Å². The van der Waals surface area contributed by atoms with Gasteiger partial charge in [-0.05, 0) is 17.5 Å². The van der Waals surface area contributed by atoms with Crippen LogP contribution in [0.15, 0.2) is 24.3 Å². The van der Waals surface area contributed by atoms with Gasteiger partial charge in [0.05, 0.1) is 16.1 Å². The topological polar surface area (TPSA) is 63.3 Å². The van der Waals surface area contributed by atoms with E-state index in [1.807, 2.05) is 24.3 Å². The predicted octanol–water partition coefficient (Wildman–Crippen LogP) is 2.37. The summed E-state index contributed by atoms with van der Waals surface area (Å²) in [4.78, 5) is 10.9. The van der Waals surface area contributed by atoms with Gasteiger partial charge in [-0.2, -0.15) is 0 Å². The molecule has 3 nitrogen and oxygen atoms in total. The van der Waals surface area contributed by atoms with Crippen molar-refractivity contribution in [1.29, 1.82) is 0 Å². The Morgan fingerprint density at radius 3 is 2.33 bits per heavy atom. The quantitative estimate of drug-likeness (QED) is 0.569. The molecule has 5 heteroatoms. The summed E-state index contributed by atoms with van der Waals surface area (Å²) in [5.74, 6) is 5.34. The number of carbonyl (C=O) groups is 1. The molecule has 0 aliphatic carbocycles. The largest absolute Gasteiger partial charge is 0.480 e. The van der Waals surface area contributed by atoms with Crippen molar-refractivity contribution < 1.29 is 9.90 Å². The highest BCUT2D eigenvalue weighted by Gasteiger charge is 2.19. The van der Waals surface area contributed by atoms with Crippen LogP contribution in [0.1, 0.15) is 15.7 Å². The van der Waals surface area contributed by atoms with Crippen LogP contribution in [0.25, 0.3) is 0 Å². The summed E-state index contributed by atoms with van der Waals surface area (Å²) in [6.45, 7) is 0. The van der Waals surface area contributed by atoms with Crippen LogP contribution in [0.5, 0.6) is 0 Å². The molecule has 0 radical (unpaired) electrons. The van der Waals surface area contributed by atoms with Gasteiger partial charge in [0.25, 0.3) is 0 Å². The molecule has 1 aromatic carbocycles. The molecule has 0 bridgehead atoms. The van der Waals surface area contributed by atoms with Crippen molar-refractivity contribution in [2.24, 2.45) is 5.73 Å². The second kappa shape index (κ2) is 9.41. The van der Waals surface area contributed by atoms with Crippen molar-refractivity contribution in [3.05, 3.63) is 35.4 Å². The van der Waals surface area contributed by atoms with Crippen molar-refractivity contribution in [2.75, 3.05) is 11.5 Å². The molecule has 0 aromatic heterocycles. The normalized spacial score (nSPS) is 11.6. The van der Waals surface area contributed by atoms with E-state index in [4.69, 9.17) is 23.7 Å². The van der Waals surface area contributed by atoms with Gasteiger partial charge in [0, 0.05) is 0 Å². The van der Waals surface area contributed by atoms with Crippen molar-refractivity contribution in [3.63, 3.8) is 0 Å². The minimum atomic E-state index is -1.01. The molecule has 110 valence electrons. The second-order valence-electron chi connectivity index (χ2n) is 4.21. The zero-order valence-electron chi connectivity index (χ0n) is 11.5. The highest BCUT2D eigenvalue weighted by atomic mass is 32.2. The van der Waals surface area contributed by atoms with E-state index in [1.165, 1.54) is 0 Å². The molecular formula is C16H17NO2S2. The standard InChI is InChI=1S/C16H17NO2S2/c1-3-9-20-16(21-10-4-2)13-8-6-5-7-12(13)11-14(17)15(18)19/h1-2,5-8,14,16H,9-11,17H2,(H,18,19)/t14-/m0/s1. The Hall–Kier alpha value is -1.53. The van der Waals surface area contributed by atoms with Gasteiger partial charge in [-0.25, -0.2) is 0 Å². The average molecular weight is 319 g/mol. The SMILES string of the molecule is C#CCSC(SCC#C)c1ccccc1C[C@H](N)C(=O)O. The third-order valence-electron chi connectivity index (χ3n) is 2.70. The van der Waals surface area contributed by atoms with Gasteiger partial charge in [0.15, 0.2) is 0 Å². The van der Waals surface area contributed by atoms with E-state index >= 15 is 0 Å². The van der Waals surface area contributed by atoms with Gasteiger partial charge in [-0.3, -0.25) is 4.79 Å². The van der Waals surface area contributed by atoms with E-state index in [1.54, 1.807) is 23.5 Å². The van der Waals surface area contributed by atoms with Crippen molar-refractivity contribution >= 4 is 29.5 Å². The Labute approximate surface area is 134 Å². The highest BCUT2D eigenvalue weighted by Crippen LogP contribution is 2.40. The van der Waals surface area contributed by atoms with Crippen LogP contribution in [-0.2, 0) is 11.2 Å². The number of hydrogen-bond donors (Lipinski definition) is 2. The number of carboxylic acid groups (broad SMARTS) is 1. The fourth-order valence-corrected chi connectivity index (χ4v) is 3.86. The van der Waals surface area contributed by atoms with Crippen LogP contribution in [0.2, 0.25) is 0 Å². The fourth-order valence-electron chi connectivity index (χ4n) is 1.75. The molecule has 0 saturated heterocycles. The first-order valence-electron chi connectivity index (χ1n) is 6.26. The molecule has 1 aromatic rings. The number of thioether (sulfide) groups is 2. The van der Waals surface area contributed by atoms with Crippen LogP contribution >= 0.6 is 23.5 Å². The Balaban J connectivity index is 2.98. The molecule has 21 heavy (non-hydrogen) atoms. The van der Waals surface area contributed by atoms with Crippen LogP contribution in [0.4, 0.5) is 0 Å². The van der Waals surface area contributed by atoms with Gasteiger partial charge >= 0.3 is 5.97 Å². The van der Waals surface area contributed by atoms with E-state index < -0.39 is 12.0 Å². The number of terminal acetylenes is 2. The molecule has 0 spiro atoms. The van der Waals surface area contributed by atoms with Gasteiger partial charge in [-0.15, -0.1) is 36.4 Å². The highest BCUT2D eigenvalue weighted by molar-refractivity contribution is 8.16. The van der Waals surface area contributed by atoms with Crippen molar-refractivity contribution in [3.8, 4) is 24.7 Å². The number of carboxylic acids is 1. The molecular weight excluding hydrogens is 302 g/mol. The van der Waals surface area contributed by atoms with Crippen LogP contribution in [0.3, 0.4) is 0 Å². The van der Waals surface area contributed by atoms with Crippen LogP contribution in [0, 0.1) is 24.7 Å². The number of benzene rings is 1. The maximum Gasteiger partial charge on any atom is 0.320 e. The Morgan fingerprint density at radius 1 is 1.24 bits per heavy atom. The number of rotatable bonds is 8. The average Bonchev–Trinajstić information content (AvgIpc) is 2.48. The molecule has 3 N–H and O–H groups in total. The van der Waals surface area contributed by atoms with Crippen LogP contribution < -0.4 is 5.73 Å². The fraction of sp³-hybridized carbons (Fsp3) is 0.312. The molecule has 0 saturated carbocycles. The Morgan fingerprint density at radius 2 is 1.81 bits per heavy atom. The van der Waals surface area contributed by atoms with Crippen molar-refractivity contribution in [2.45, 2.75) is 17.0 Å². The zero-order chi connectivity index (χ0) is 15.7. The van der Waals surface area contributed by atoms with E-state index in [2.05, 4.69) is 11.8 Å². The summed E-state index contributed by atoms with van der Waals surface area (Å²) >= 11 is 3.21. The summed E-state index contributed by atoms with van der Waals surface area (Å²) in [6, 6.07) is 6.76. The Kier molecular flexibility index (Phi) is 7.85. The number of aliphatic carboxylic acids is 1. The summed E-state index contributed by atoms with van der Waals surface area (Å²) < 4.78 is 0.0781. The predicted molar refractivity (Wildman–Crippen MR) is 91.1 cm³/mol. The van der Waals surface area contributed by atoms with Crippen LogP contribution in [-0.4, -0.2) is 28.6 Å². The van der Waals surface area contributed by atoms with E-state index in [-0.39, 0.29) is 11.0 Å². The molecule has 0 aliphatic heterocycles. The summed E-state index contributed by atoms with van der Waals surface area (Å²) in [5.41, 5.74) is 7.60. The zero-order valence-corrected chi connectivity index (χ0v) is 13.1. The molecule has 0 unspecified atom stereocenters. The first-order chi connectivity index (χ1) is 10.1. The monoisotopic (exact) mass is 319 g/mol. The lowest BCUT2D eigenvalue weighted by Gasteiger charge is -2.19. The van der Waals surface area contributed by atoms with Gasteiger partial charge in [-0.1, -0.05) is 36.1 Å². The molecule has 0 aliphatic rings. The van der Waals surface area contributed by atoms with E-state index in [0.29, 0.717) is 11.5 Å². The first-order valence-corrected chi connectivity index (χ1v) is 8.36. The van der Waals surface area contributed by atoms with E-state index in [0.717, 1.165) is 11.1 Å². The molecule has 0 amide bonds. The Bertz CT molecular complexity index is 542. The molecule has 1 rings (SSSR count). The number of nitrogens with two attached hydrogens (primary N) is 1. The minimum Gasteiger partial charge on any atom is -0.480 e. The lowest BCUT2D eigenvalue weighted by Crippen LogP contribution is -2.32. The number of hydrogen-bond acceptors (Lipinski definition) is 4. The van der Waals surface area contributed by atoms with Crippen molar-refractivity contribution in [1.82, 2.24) is 0 Å². The first kappa shape index (κ1) is 17.5. The molecule has 0 heterocycles. The third kappa shape index (κ3) is 5.77. The van der Waals surface area contributed by atoms with Gasteiger partial charge in [0.1, 0.15) is 6.04 Å². The summed E-state index contributed by atoms with van der Waals surface area (Å²) in [6.07, 6.45) is 10.9. The summed E-state index contributed by atoms with van der Waals surface area (Å²) in [5, 5.41) is 8.97.